The number of benzene rings is 1. The molecule has 2 aliphatic rings. The van der Waals surface area contributed by atoms with Gasteiger partial charge in [-0.3, -0.25) is 4.79 Å². The monoisotopic (exact) mass is 498 g/mol. The second kappa shape index (κ2) is 9.51. The van der Waals surface area contributed by atoms with Crippen LogP contribution >= 0.6 is 0 Å². The highest BCUT2D eigenvalue weighted by molar-refractivity contribution is 5.97. The van der Waals surface area contributed by atoms with Gasteiger partial charge in [0.05, 0.1) is 11.3 Å². The Balaban J connectivity index is 1.22. The van der Waals surface area contributed by atoms with Crippen molar-refractivity contribution >= 4 is 22.3 Å². The van der Waals surface area contributed by atoms with Gasteiger partial charge in [0, 0.05) is 29.1 Å². The minimum Gasteiger partial charge on any atom is -0.443 e. The van der Waals surface area contributed by atoms with E-state index in [9.17, 15) is 4.79 Å². The van der Waals surface area contributed by atoms with Crippen molar-refractivity contribution in [1.82, 2.24) is 40.5 Å². The molecule has 0 radical (unpaired) electrons. The molecule has 0 bridgehead atoms. The lowest BCUT2D eigenvalue weighted by atomic mass is 10.0. The second-order valence-electron chi connectivity index (χ2n) is 9.25. The molecular formula is C26H26N8O3. The maximum atomic E-state index is 12.7. The number of hydrogen-bond acceptors (Lipinski definition) is 9. The van der Waals surface area contributed by atoms with Crippen LogP contribution in [0.2, 0.25) is 0 Å². The first-order chi connectivity index (χ1) is 18.0. The van der Waals surface area contributed by atoms with E-state index in [2.05, 4.69) is 43.0 Å². The molecule has 0 aliphatic carbocycles. The third-order valence-electron chi connectivity index (χ3n) is 6.54. The van der Waals surface area contributed by atoms with Crippen LogP contribution in [-0.2, 0) is 4.79 Å². The number of carbonyl (C=O) groups excluding carboxylic acids is 1. The highest BCUT2D eigenvalue weighted by atomic mass is 16.5. The molecule has 2 N–H and O–H groups in total. The van der Waals surface area contributed by atoms with Gasteiger partial charge in [-0.25, -0.2) is 0 Å². The zero-order valence-electron chi connectivity index (χ0n) is 20.5. The van der Waals surface area contributed by atoms with Gasteiger partial charge in [0.1, 0.15) is 12.0 Å². The Kier molecular flexibility index (Phi) is 5.89. The predicted octanol–water partition coefficient (Wildman–Crippen LogP) is 2.71. The summed E-state index contributed by atoms with van der Waals surface area (Å²) in [5.41, 5.74) is 2.37. The fourth-order valence-electron chi connectivity index (χ4n) is 4.46. The molecule has 1 amide bonds. The van der Waals surface area contributed by atoms with E-state index in [1.54, 1.807) is 35.2 Å². The number of amides is 1. The number of nitrogens with zero attached hydrogens (tertiary/aromatic N) is 6. The lowest BCUT2D eigenvalue weighted by molar-refractivity contribution is -0.118. The second-order valence-corrected chi connectivity index (χ2v) is 9.25. The highest BCUT2D eigenvalue weighted by Crippen LogP contribution is 2.29. The van der Waals surface area contributed by atoms with Gasteiger partial charge in [0.25, 0.3) is 5.91 Å². The zero-order chi connectivity index (χ0) is 25.4. The molecule has 0 spiro atoms. The summed E-state index contributed by atoms with van der Waals surface area (Å²) in [4.78, 5) is 14.9. The van der Waals surface area contributed by atoms with Crippen molar-refractivity contribution in [3.8, 4) is 17.4 Å². The normalized spacial score (nSPS) is 17.8. The average Bonchev–Trinajstić information content (AvgIpc) is 3.55. The number of hydrogen-bond donors (Lipinski definition) is 2. The van der Waals surface area contributed by atoms with E-state index >= 15 is 0 Å². The van der Waals surface area contributed by atoms with Crippen molar-refractivity contribution in [2.45, 2.75) is 25.8 Å². The number of piperidine rings is 1. The van der Waals surface area contributed by atoms with Crippen molar-refractivity contribution in [3.63, 3.8) is 0 Å². The molecule has 6 rings (SSSR count). The minimum atomic E-state index is -0.0837. The number of fused-ring (bicyclic) bond motifs is 3. The van der Waals surface area contributed by atoms with Gasteiger partial charge in [-0.05, 0) is 58.1 Å². The molecule has 3 aromatic heterocycles. The molecule has 11 nitrogen and oxygen atoms in total. The van der Waals surface area contributed by atoms with E-state index in [-0.39, 0.29) is 11.9 Å². The van der Waals surface area contributed by atoms with Crippen molar-refractivity contribution in [2.24, 2.45) is 0 Å². The van der Waals surface area contributed by atoms with Gasteiger partial charge in [-0.1, -0.05) is 23.4 Å². The Hall–Kier alpha value is -4.51. The topological polar surface area (TPSA) is 123 Å². The maximum Gasteiger partial charge on any atom is 0.252 e. The summed E-state index contributed by atoms with van der Waals surface area (Å²) in [6.45, 7) is 3.80. The van der Waals surface area contributed by atoms with E-state index in [1.807, 2.05) is 31.2 Å². The number of aromatic nitrogens is 5. The smallest absolute Gasteiger partial charge is 0.252 e. The number of carbonyl (C=O) groups is 1. The van der Waals surface area contributed by atoms with E-state index in [1.165, 1.54) is 0 Å². The van der Waals surface area contributed by atoms with Crippen LogP contribution in [0.5, 0.6) is 5.88 Å². The van der Waals surface area contributed by atoms with Gasteiger partial charge < -0.3 is 24.8 Å². The summed E-state index contributed by atoms with van der Waals surface area (Å²) in [6.07, 6.45) is 8.73. The molecular weight excluding hydrogens is 472 g/mol. The van der Waals surface area contributed by atoms with Crippen molar-refractivity contribution in [3.05, 3.63) is 72.0 Å². The molecule has 4 aromatic rings. The number of nitrogens with one attached hydrogen (secondary N) is 2. The van der Waals surface area contributed by atoms with E-state index in [4.69, 9.17) is 9.26 Å². The van der Waals surface area contributed by atoms with E-state index < -0.39 is 0 Å². The first-order valence-electron chi connectivity index (χ1n) is 12.1. The third kappa shape index (κ3) is 4.56. The Bertz CT molecular complexity index is 1570. The summed E-state index contributed by atoms with van der Waals surface area (Å²) in [5, 5.41) is 25.2. The van der Waals surface area contributed by atoms with Crippen LogP contribution in [0.1, 0.15) is 18.6 Å². The number of likely N-dealkylation sites (tertiary alicyclic amines) is 1. The fourth-order valence-corrected chi connectivity index (χ4v) is 4.46. The number of aryl methyl sites for hydroxylation is 1. The minimum absolute atomic E-state index is 0.0837. The van der Waals surface area contributed by atoms with Gasteiger partial charge in [0.2, 0.25) is 11.7 Å². The Morgan fingerprint density at radius 3 is 2.73 bits per heavy atom. The quantitative estimate of drug-likeness (QED) is 0.400. The van der Waals surface area contributed by atoms with Crippen molar-refractivity contribution in [1.29, 1.82) is 0 Å². The molecule has 11 heteroatoms. The Morgan fingerprint density at radius 1 is 1.19 bits per heavy atom. The van der Waals surface area contributed by atoms with Gasteiger partial charge in [0.15, 0.2) is 11.3 Å². The van der Waals surface area contributed by atoms with Crippen LogP contribution in [0.3, 0.4) is 0 Å². The van der Waals surface area contributed by atoms with Crippen LogP contribution in [0.15, 0.2) is 70.7 Å². The highest BCUT2D eigenvalue weighted by Gasteiger charge is 2.21. The number of dihydropyridines is 1. The first-order valence-corrected chi connectivity index (χ1v) is 12.1. The SMILES string of the molecule is Cc1cc(-c2nnc3c4ccccc4c(OC=C4C=CC(C(=O)NC5CCN(C)CC5)=CN4)nn23)no1. The summed E-state index contributed by atoms with van der Waals surface area (Å²) in [7, 11) is 2.10. The Morgan fingerprint density at radius 2 is 2.00 bits per heavy atom. The third-order valence-corrected chi connectivity index (χ3v) is 6.54. The molecule has 0 saturated carbocycles. The molecule has 0 unspecified atom stereocenters. The summed E-state index contributed by atoms with van der Waals surface area (Å²) >= 11 is 0. The first kappa shape index (κ1) is 22.9. The Labute approximate surface area is 212 Å². The van der Waals surface area contributed by atoms with E-state index in [0.29, 0.717) is 40.1 Å². The van der Waals surface area contributed by atoms with Crippen LogP contribution in [0.4, 0.5) is 0 Å². The van der Waals surface area contributed by atoms with Crippen LogP contribution in [-0.4, -0.2) is 62.0 Å². The molecule has 2 aliphatic heterocycles. The van der Waals surface area contributed by atoms with Gasteiger partial charge >= 0.3 is 0 Å². The summed E-state index contributed by atoms with van der Waals surface area (Å²) in [6, 6.07) is 9.68. The summed E-state index contributed by atoms with van der Waals surface area (Å²) < 4.78 is 12.8. The van der Waals surface area contributed by atoms with Crippen LogP contribution in [0.25, 0.3) is 27.9 Å². The number of allylic oxidation sites excluding steroid dienone is 1. The lowest BCUT2D eigenvalue weighted by Crippen LogP contribution is -2.43. The average molecular weight is 499 g/mol. The lowest BCUT2D eigenvalue weighted by Gasteiger charge is -2.29. The van der Waals surface area contributed by atoms with Crippen molar-refractivity contribution < 1.29 is 14.1 Å². The zero-order valence-corrected chi connectivity index (χ0v) is 20.5. The van der Waals surface area contributed by atoms with Crippen LogP contribution in [0, 0.1) is 6.92 Å². The maximum absolute atomic E-state index is 12.7. The molecule has 5 heterocycles. The molecule has 1 fully saturated rings. The van der Waals surface area contributed by atoms with E-state index in [0.717, 1.165) is 36.7 Å². The van der Waals surface area contributed by atoms with Gasteiger partial charge in [-0.2, -0.15) is 4.52 Å². The van der Waals surface area contributed by atoms with Crippen molar-refractivity contribution in [2.75, 3.05) is 20.1 Å². The summed E-state index contributed by atoms with van der Waals surface area (Å²) in [5.74, 6) is 1.41. The predicted molar refractivity (Wildman–Crippen MR) is 136 cm³/mol. The standard InChI is InChI=1S/C26H26N8O3/c1-16-13-22(32-37-16)24-30-29-23-20-5-3-4-6-21(20)26(31-34(23)24)36-15-19-8-7-17(14-27-19)25(35)28-18-9-11-33(2)12-10-18/h3-8,13-15,18,27H,9-12H2,1-2H3,(H,28,35). The van der Waals surface area contributed by atoms with Gasteiger partial charge in [-0.15, -0.1) is 15.3 Å². The largest absolute Gasteiger partial charge is 0.443 e. The number of ether oxygens (including phenoxy) is 1. The molecule has 188 valence electrons. The molecule has 1 aromatic carbocycles. The fraction of sp³-hybridized carbons (Fsp3) is 0.269. The number of rotatable bonds is 5. The molecule has 1 saturated heterocycles. The molecule has 0 atom stereocenters. The van der Waals surface area contributed by atoms with Crippen LogP contribution < -0.4 is 15.4 Å². The molecule has 37 heavy (non-hydrogen) atoms.